The van der Waals surface area contributed by atoms with E-state index in [-0.39, 0.29) is 18.0 Å². The van der Waals surface area contributed by atoms with Crippen LogP contribution in [0, 0.1) is 0 Å². The number of aromatic nitrogens is 1. The fourth-order valence-electron chi connectivity index (χ4n) is 2.28. The average molecular weight is 233 g/mol. The lowest BCUT2D eigenvalue weighted by Crippen LogP contribution is -2.43. The molecular weight excluding hydrogens is 214 g/mol. The second kappa shape index (κ2) is 5.27. The summed E-state index contributed by atoms with van der Waals surface area (Å²) in [5.41, 5.74) is 2.40. The molecule has 0 aliphatic heterocycles. The van der Waals surface area contributed by atoms with Gasteiger partial charge >= 0.3 is 0 Å². The molecule has 0 saturated heterocycles. The van der Waals surface area contributed by atoms with Gasteiger partial charge in [0.05, 0.1) is 17.8 Å². The standard InChI is InChI=1S/C13H19N3O/c1-3-14-13(17)9(2)16-11-7-6-10-5-4-8-15-12(10)11/h4-5,8-9,11,16H,3,6-7H2,1-2H3,(H,14,17). The first kappa shape index (κ1) is 12.0. The van der Waals surface area contributed by atoms with E-state index in [2.05, 4.69) is 21.7 Å². The van der Waals surface area contributed by atoms with Crippen LogP contribution in [0.4, 0.5) is 0 Å². The molecule has 0 aromatic carbocycles. The zero-order valence-electron chi connectivity index (χ0n) is 10.4. The zero-order chi connectivity index (χ0) is 12.3. The maximum Gasteiger partial charge on any atom is 0.236 e. The highest BCUT2D eigenvalue weighted by Gasteiger charge is 2.26. The van der Waals surface area contributed by atoms with Crippen LogP contribution in [-0.2, 0) is 11.2 Å². The molecule has 4 heteroatoms. The number of nitrogens with zero attached hydrogens (tertiary/aromatic N) is 1. The van der Waals surface area contributed by atoms with Crippen molar-refractivity contribution in [2.24, 2.45) is 0 Å². The van der Waals surface area contributed by atoms with Gasteiger partial charge in [-0.3, -0.25) is 15.1 Å². The Hall–Kier alpha value is -1.42. The van der Waals surface area contributed by atoms with Crippen LogP contribution in [0.15, 0.2) is 18.3 Å². The minimum absolute atomic E-state index is 0.0527. The van der Waals surface area contributed by atoms with Gasteiger partial charge in [-0.15, -0.1) is 0 Å². The molecule has 2 unspecified atom stereocenters. The van der Waals surface area contributed by atoms with Gasteiger partial charge in [0.2, 0.25) is 5.91 Å². The molecule has 1 amide bonds. The highest BCUT2D eigenvalue weighted by atomic mass is 16.2. The van der Waals surface area contributed by atoms with Crippen LogP contribution in [-0.4, -0.2) is 23.5 Å². The quantitative estimate of drug-likeness (QED) is 0.821. The summed E-state index contributed by atoms with van der Waals surface area (Å²) >= 11 is 0. The third-order valence-corrected chi connectivity index (χ3v) is 3.15. The van der Waals surface area contributed by atoms with Crippen LogP contribution < -0.4 is 10.6 Å². The molecule has 0 saturated carbocycles. The average Bonchev–Trinajstić information content (AvgIpc) is 2.73. The van der Waals surface area contributed by atoms with Crippen molar-refractivity contribution >= 4 is 5.91 Å². The van der Waals surface area contributed by atoms with Crippen molar-refractivity contribution in [3.63, 3.8) is 0 Å². The fourth-order valence-corrected chi connectivity index (χ4v) is 2.28. The molecule has 1 heterocycles. The molecule has 17 heavy (non-hydrogen) atoms. The molecule has 4 nitrogen and oxygen atoms in total. The molecule has 1 aliphatic rings. The Balaban J connectivity index is 1.99. The first-order valence-electron chi connectivity index (χ1n) is 6.20. The maximum absolute atomic E-state index is 11.6. The Morgan fingerprint density at radius 1 is 1.65 bits per heavy atom. The lowest BCUT2D eigenvalue weighted by molar-refractivity contribution is -0.122. The van der Waals surface area contributed by atoms with Crippen molar-refractivity contribution in [1.29, 1.82) is 0 Å². The monoisotopic (exact) mass is 233 g/mol. The van der Waals surface area contributed by atoms with Gasteiger partial charge in [0, 0.05) is 12.7 Å². The summed E-state index contributed by atoms with van der Waals surface area (Å²) in [5, 5.41) is 6.17. The molecule has 2 rings (SSSR count). The third-order valence-electron chi connectivity index (χ3n) is 3.15. The van der Waals surface area contributed by atoms with Crippen molar-refractivity contribution in [2.45, 2.75) is 38.8 Å². The Labute approximate surface area is 102 Å². The van der Waals surface area contributed by atoms with E-state index in [0.29, 0.717) is 6.54 Å². The summed E-state index contributed by atoms with van der Waals surface area (Å²) < 4.78 is 0. The lowest BCUT2D eigenvalue weighted by atomic mass is 10.2. The molecule has 1 aromatic rings. The maximum atomic E-state index is 11.6. The number of carbonyl (C=O) groups excluding carboxylic acids is 1. The number of rotatable bonds is 4. The smallest absolute Gasteiger partial charge is 0.236 e. The molecule has 1 aromatic heterocycles. The molecule has 0 spiro atoms. The number of likely N-dealkylation sites (N-methyl/N-ethyl adjacent to an activating group) is 1. The minimum atomic E-state index is -0.173. The molecule has 92 valence electrons. The first-order valence-corrected chi connectivity index (χ1v) is 6.20. The normalized spacial score (nSPS) is 19.8. The minimum Gasteiger partial charge on any atom is -0.355 e. The number of hydrogen-bond donors (Lipinski definition) is 2. The Morgan fingerprint density at radius 3 is 3.24 bits per heavy atom. The van der Waals surface area contributed by atoms with Gasteiger partial charge in [0.25, 0.3) is 0 Å². The Bertz CT molecular complexity index is 405. The third kappa shape index (κ3) is 2.64. The molecule has 0 bridgehead atoms. The molecule has 0 radical (unpaired) electrons. The van der Waals surface area contributed by atoms with Gasteiger partial charge < -0.3 is 5.32 Å². The molecule has 0 fully saturated rings. The van der Waals surface area contributed by atoms with Crippen LogP contribution in [0.1, 0.15) is 37.6 Å². The van der Waals surface area contributed by atoms with Crippen molar-refractivity contribution in [3.8, 4) is 0 Å². The number of hydrogen-bond acceptors (Lipinski definition) is 3. The van der Waals surface area contributed by atoms with E-state index in [9.17, 15) is 4.79 Å². The first-order chi connectivity index (χ1) is 8.22. The van der Waals surface area contributed by atoms with Gasteiger partial charge in [-0.2, -0.15) is 0 Å². The van der Waals surface area contributed by atoms with E-state index >= 15 is 0 Å². The van der Waals surface area contributed by atoms with Crippen molar-refractivity contribution in [1.82, 2.24) is 15.6 Å². The summed E-state index contributed by atoms with van der Waals surface area (Å²) in [6.45, 7) is 4.49. The lowest BCUT2D eigenvalue weighted by Gasteiger charge is -2.18. The molecule has 2 atom stereocenters. The van der Waals surface area contributed by atoms with E-state index in [1.54, 1.807) is 0 Å². The predicted molar refractivity (Wildman–Crippen MR) is 66.6 cm³/mol. The zero-order valence-corrected chi connectivity index (χ0v) is 10.4. The van der Waals surface area contributed by atoms with Gasteiger partial charge in [-0.1, -0.05) is 6.07 Å². The SMILES string of the molecule is CCNC(=O)C(C)NC1CCc2cccnc21. The predicted octanol–water partition coefficient (Wildman–Crippen LogP) is 1.18. The summed E-state index contributed by atoms with van der Waals surface area (Å²) in [6.07, 6.45) is 3.88. The largest absolute Gasteiger partial charge is 0.355 e. The van der Waals surface area contributed by atoms with E-state index in [1.807, 2.05) is 26.1 Å². The van der Waals surface area contributed by atoms with Gasteiger partial charge in [-0.25, -0.2) is 0 Å². The van der Waals surface area contributed by atoms with Crippen LogP contribution in [0.25, 0.3) is 0 Å². The summed E-state index contributed by atoms with van der Waals surface area (Å²) in [4.78, 5) is 16.1. The van der Waals surface area contributed by atoms with Gasteiger partial charge in [-0.05, 0) is 38.3 Å². The highest BCUT2D eigenvalue weighted by molar-refractivity contribution is 5.81. The van der Waals surface area contributed by atoms with Gasteiger partial charge in [0.1, 0.15) is 0 Å². The van der Waals surface area contributed by atoms with E-state index in [4.69, 9.17) is 0 Å². The van der Waals surface area contributed by atoms with Crippen molar-refractivity contribution in [2.75, 3.05) is 6.54 Å². The number of carbonyl (C=O) groups is 1. The van der Waals surface area contributed by atoms with Crippen LogP contribution in [0.3, 0.4) is 0 Å². The second-order valence-corrected chi connectivity index (χ2v) is 4.42. The van der Waals surface area contributed by atoms with Crippen molar-refractivity contribution in [3.05, 3.63) is 29.6 Å². The van der Waals surface area contributed by atoms with Gasteiger partial charge in [0.15, 0.2) is 0 Å². The van der Waals surface area contributed by atoms with E-state index in [0.717, 1.165) is 18.5 Å². The topological polar surface area (TPSA) is 54.0 Å². The van der Waals surface area contributed by atoms with Crippen molar-refractivity contribution < 1.29 is 4.79 Å². The van der Waals surface area contributed by atoms with E-state index < -0.39 is 0 Å². The summed E-state index contributed by atoms with van der Waals surface area (Å²) in [5.74, 6) is 0.0527. The van der Waals surface area contributed by atoms with Crippen LogP contribution >= 0.6 is 0 Å². The second-order valence-electron chi connectivity index (χ2n) is 4.42. The number of aryl methyl sites for hydroxylation is 1. The summed E-state index contributed by atoms with van der Waals surface area (Å²) in [7, 11) is 0. The number of nitrogens with one attached hydrogen (secondary N) is 2. The Kier molecular flexibility index (Phi) is 3.74. The Morgan fingerprint density at radius 2 is 2.47 bits per heavy atom. The molecule has 2 N–H and O–H groups in total. The molecular formula is C13H19N3O. The number of amides is 1. The number of pyridine rings is 1. The summed E-state index contributed by atoms with van der Waals surface area (Å²) in [6, 6.07) is 4.12. The van der Waals surface area contributed by atoms with Crippen LogP contribution in [0.2, 0.25) is 0 Å². The molecule has 1 aliphatic carbocycles. The van der Waals surface area contributed by atoms with E-state index in [1.165, 1.54) is 5.56 Å². The van der Waals surface area contributed by atoms with Crippen LogP contribution in [0.5, 0.6) is 0 Å². The fraction of sp³-hybridized carbons (Fsp3) is 0.538. The highest BCUT2D eigenvalue weighted by Crippen LogP contribution is 2.28. The number of fused-ring (bicyclic) bond motifs is 1.